The molecule has 0 bridgehead atoms. The van der Waals surface area contributed by atoms with Crippen LogP contribution in [0.2, 0.25) is 5.02 Å². The van der Waals surface area contributed by atoms with Gasteiger partial charge in [-0.05, 0) is 51.1 Å². The normalized spacial score (nSPS) is 11.5. The van der Waals surface area contributed by atoms with E-state index in [2.05, 4.69) is 31.9 Å². The average molecular weight is 563 g/mol. The number of alkyl halides is 3. The average Bonchev–Trinajstić information content (AvgIpc) is 3.38. The van der Waals surface area contributed by atoms with Crippen molar-refractivity contribution < 1.29 is 27.0 Å². The van der Waals surface area contributed by atoms with Crippen molar-refractivity contribution in [1.29, 1.82) is 0 Å². The highest BCUT2D eigenvalue weighted by molar-refractivity contribution is 6.31. The zero-order chi connectivity index (χ0) is 28.3. The number of anilines is 2. The zero-order valence-corrected chi connectivity index (χ0v) is 21.8. The molecule has 8 nitrogen and oxygen atoms in total. The van der Waals surface area contributed by atoms with E-state index in [-0.39, 0.29) is 28.8 Å². The zero-order valence-electron chi connectivity index (χ0n) is 21.1. The molecule has 0 unspecified atom stereocenters. The fraction of sp³-hybridized carbons (Fsp3) is 0.231. The third-order valence-corrected chi connectivity index (χ3v) is 5.46. The van der Waals surface area contributed by atoms with Crippen molar-refractivity contribution in [3.8, 4) is 22.8 Å². The minimum Gasteiger partial charge on any atom is -0.494 e. The third kappa shape index (κ3) is 6.45. The Balaban J connectivity index is 1.84. The number of hydrogen-bond acceptors (Lipinski definition) is 7. The third-order valence-electron chi connectivity index (χ3n) is 5.17. The number of rotatable bonds is 9. The second-order valence-electron chi connectivity index (χ2n) is 8.43. The number of benzene rings is 1. The molecule has 0 amide bonds. The maximum Gasteiger partial charge on any atom is 0.435 e. The van der Waals surface area contributed by atoms with Crippen LogP contribution in [0.25, 0.3) is 22.7 Å². The number of hydrogen-bond donors (Lipinski definition) is 1. The van der Waals surface area contributed by atoms with Crippen LogP contribution in [0.1, 0.15) is 32.0 Å². The number of ether oxygens (including phenoxy) is 2. The van der Waals surface area contributed by atoms with Gasteiger partial charge in [-0.15, -0.1) is 0 Å². The summed E-state index contributed by atoms with van der Waals surface area (Å²) in [6.07, 6.45) is -0.839. The Labute approximate surface area is 226 Å². The van der Waals surface area contributed by atoms with Gasteiger partial charge in [0.25, 0.3) is 0 Å². The number of nitrogens with one attached hydrogen (secondary N) is 1. The molecular formula is C26H23ClF4N6O2. The minimum absolute atomic E-state index is 0.00662. The predicted octanol–water partition coefficient (Wildman–Crippen LogP) is 7.07. The monoisotopic (exact) mass is 562 g/mol. The summed E-state index contributed by atoms with van der Waals surface area (Å²) >= 11 is 5.85. The van der Waals surface area contributed by atoms with Gasteiger partial charge in [-0.25, -0.2) is 19.0 Å². The van der Waals surface area contributed by atoms with Crippen LogP contribution >= 0.6 is 11.6 Å². The minimum atomic E-state index is -4.66. The van der Waals surface area contributed by atoms with Gasteiger partial charge >= 0.3 is 6.18 Å². The summed E-state index contributed by atoms with van der Waals surface area (Å²) in [5.41, 5.74) is 0.467. The lowest BCUT2D eigenvalue weighted by Gasteiger charge is -2.17. The van der Waals surface area contributed by atoms with Crippen LogP contribution in [-0.2, 0) is 10.9 Å². The summed E-state index contributed by atoms with van der Waals surface area (Å²) in [4.78, 5) is 13.1. The van der Waals surface area contributed by atoms with Gasteiger partial charge in [0.15, 0.2) is 11.5 Å². The van der Waals surface area contributed by atoms with E-state index in [1.165, 1.54) is 24.5 Å². The first-order valence-electron chi connectivity index (χ1n) is 11.7. The van der Waals surface area contributed by atoms with Crippen molar-refractivity contribution in [3.63, 3.8) is 0 Å². The molecule has 0 aliphatic carbocycles. The van der Waals surface area contributed by atoms with Gasteiger partial charge in [-0.1, -0.05) is 18.2 Å². The van der Waals surface area contributed by atoms with E-state index in [9.17, 15) is 17.6 Å². The first kappa shape index (κ1) is 27.8. The van der Waals surface area contributed by atoms with Crippen LogP contribution in [0.3, 0.4) is 0 Å². The Morgan fingerprint density at radius 1 is 1.15 bits per heavy atom. The van der Waals surface area contributed by atoms with Gasteiger partial charge in [0, 0.05) is 35.4 Å². The molecule has 0 radical (unpaired) electrons. The predicted molar refractivity (Wildman–Crippen MR) is 139 cm³/mol. The Morgan fingerprint density at radius 3 is 2.56 bits per heavy atom. The maximum atomic E-state index is 13.6. The number of pyridine rings is 1. The fourth-order valence-corrected chi connectivity index (χ4v) is 3.66. The lowest BCUT2D eigenvalue weighted by atomic mass is 10.1. The number of halogens is 5. The van der Waals surface area contributed by atoms with Gasteiger partial charge in [-0.2, -0.15) is 23.3 Å². The van der Waals surface area contributed by atoms with Crippen LogP contribution in [-0.4, -0.2) is 37.4 Å². The van der Waals surface area contributed by atoms with E-state index in [0.29, 0.717) is 34.7 Å². The smallest absolute Gasteiger partial charge is 0.435 e. The molecule has 39 heavy (non-hydrogen) atoms. The topological polar surface area (TPSA) is 87.0 Å². The van der Waals surface area contributed by atoms with E-state index in [0.717, 1.165) is 23.0 Å². The Bertz CT molecular complexity index is 1510. The lowest BCUT2D eigenvalue weighted by Crippen LogP contribution is -2.11. The maximum absolute atomic E-state index is 13.6. The SMILES string of the molecule is C=C(OCC)c1cc(-c2cnc(Nc3ccc(F)c(Cl)c3)nc2-n2ccc(C(F)(F)F)n2)cnc1OC(C)C. The van der Waals surface area contributed by atoms with Crippen molar-refractivity contribution in [2.75, 3.05) is 11.9 Å². The van der Waals surface area contributed by atoms with E-state index < -0.39 is 17.7 Å². The molecule has 1 aromatic carbocycles. The van der Waals surface area contributed by atoms with Gasteiger partial charge < -0.3 is 14.8 Å². The van der Waals surface area contributed by atoms with Crippen LogP contribution in [0.4, 0.5) is 29.2 Å². The fourth-order valence-electron chi connectivity index (χ4n) is 3.48. The Kier molecular flexibility index (Phi) is 8.05. The van der Waals surface area contributed by atoms with E-state index in [1.54, 1.807) is 13.0 Å². The van der Waals surface area contributed by atoms with Crippen LogP contribution in [0.5, 0.6) is 5.88 Å². The summed E-state index contributed by atoms with van der Waals surface area (Å²) in [5, 5.41) is 6.41. The standard InChI is InChI=1S/C26H23ClF4N6O2/c1-5-38-15(4)18-10-16(12-32-24(18)39-14(2)3)19-13-33-25(34-17-6-7-21(28)20(27)11-17)35-23(19)37-9-8-22(36-37)26(29,30)31/h6-14H,4-5H2,1-3H3,(H,33,34,35). The van der Waals surface area contributed by atoms with E-state index in [4.69, 9.17) is 21.1 Å². The molecule has 0 fully saturated rings. The highest BCUT2D eigenvalue weighted by Crippen LogP contribution is 2.34. The van der Waals surface area contributed by atoms with Crippen molar-refractivity contribution in [3.05, 3.63) is 77.6 Å². The number of aromatic nitrogens is 5. The quantitative estimate of drug-likeness (QED) is 0.172. The van der Waals surface area contributed by atoms with Crippen LogP contribution in [0.15, 0.2) is 55.5 Å². The van der Waals surface area contributed by atoms with Gasteiger partial charge in [0.1, 0.15) is 11.6 Å². The molecule has 4 aromatic rings. The van der Waals surface area contributed by atoms with Gasteiger partial charge in [0.05, 0.1) is 23.3 Å². The summed E-state index contributed by atoms with van der Waals surface area (Å²) in [7, 11) is 0. The van der Waals surface area contributed by atoms with E-state index >= 15 is 0 Å². The van der Waals surface area contributed by atoms with Crippen molar-refractivity contribution >= 4 is 29.0 Å². The van der Waals surface area contributed by atoms with Crippen molar-refractivity contribution in [1.82, 2.24) is 24.7 Å². The second kappa shape index (κ2) is 11.3. The molecule has 0 spiro atoms. The first-order valence-corrected chi connectivity index (χ1v) is 12.1. The van der Waals surface area contributed by atoms with Gasteiger partial charge in [-0.3, -0.25) is 0 Å². The molecule has 0 aliphatic rings. The molecule has 0 saturated carbocycles. The molecule has 4 rings (SSSR count). The summed E-state index contributed by atoms with van der Waals surface area (Å²) in [5.74, 6) is -0.0117. The summed E-state index contributed by atoms with van der Waals surface area (Å²) in [6.45, 7) is 9.76. The molecule has 204 valence electrons. The Hall–Kier alpha value is -4.19. The first-order chi connectivity index (χ1) is 18.5. The Morgan fingerprint density at radius 2 is 1.92 bits per heavy atom. The van der Waals surface area contributed by atoms with Gasteiger partial charge in [0.2, 0.25) is 11.8 Å². The molecule has 0 atom stereocenters. The highest BCUT2D eigenvalue weighted by Gasteiger charge is 2.34. The molecule has 0 saturated heterocycles. The van der Waals surface area contributed by atoms with Crippen LogP contribution < -0.4 is 10.1 Å². The molecular weight excluding hydrogens is 540 g/mol. The molecule has 1 N–H and O–H groups in total. The number of nitrogens with zero attached hydrogens (tertiary/aromatic N) is 5. The largest absolute Gasteiger partial charge is 0.494 e. The highest BCUT2D eigenvalue weighted by atomic mass is 35.5. The molecule has 13 heteroatoms. The molecule has 3 heterocycles. The summed E-state index contributed by atoms with van der Waals surface area (Å²) < 4.78 is 65.9. The summed E-state index contributed by atoms with van der Waals surface area (Å²) in [6, 6.07) is 6.40. The molecule has 3 aromatic heterocycles. The lowest BCUT2D eigenvalue weighted by molar-refractivity contribution is -0.141. The molecule has 0 aliphatic heterocycles. The van der Waals surface area contributed by atoms with Crippen molar-refractivity contribution in [2.24, 2.45) is 0 Å². The second-order valence-corrected chi connectivity index (χ2v) is 8.83. The van der Waals surface area contributed by atoms with Crippen molar-refractivity contribution in [2.45, 2.75) is 33.1 Å². The van der Waals surface area contributed by atoms with Crippen LogP contribution in [0, 0.1) is 5.82 Å². The van der Waals surface area contributed by atoms with E-state index in [1.807, 2.05) is 13.8 Å².